The molecule has 2 aromatic rings. The second-order valence-electron chi connectivity index (χ2n) is 21.2. The zero-order valence-corrected chi connectivity index (χ0v) is 46.2. The number of hydrogen-bond donors (Lipinski definition) is 4. The predicted octanol–water partition coefficient (Wildman–Crippen LogP) is 6.95. The fourth-order valence-electron chi connectivity index (χ4n) is 9.15. The lowest BCUT2D eigenvalue weighted by Gasteiger charge is -2.19. The van der Waals surface area contributed by atoms with Gasteiger partial charge in [-0.15, -0.1) is 0 Å². The zero-order chi connectivity index (χ0) is 55.8. The third-order valence-electron chi connectivity index (χ3n) is 13.1. The Hall–Kier alpha value is -5.06. The van der Waals surface area contributed by atoms with E-state index >= 15 is 0 Å². The third-order valence-corrected chi connectivity index (χ3v) is 13.1. The average Bonchev–Trinajstić information content (AvgIpc) is 4.07. The van der Waals surface area contributed by atoms with Gasteiger partial charge in [0.05, 0.1) is 51.8 Å². The molecule has 1 aromatic heterocycles. The minimum atomic E-state index is -1.16. The molecule has 0 bridgehead atoms. The number of carboxylic acids is 2. The fourth-order valence-corrected chi connectivity index (χ4v) is 9.15. The van der Waals surface area contributed by atoms with Crippen molar-refractivity contribution in [2.75, 3.05) is 72.6 Å². The second kappa shape index (κ2) is 36.2. The number of benzene rings is 1. The van der Waals surface area contributed by atoms with Crippen molar-refractivity contribution in [3.05, 3.63) is 23.9 Å². The van der Waals surface area contributed by atoms with Gasteiger partial charge in [-0.1, -0.05) is 97.8 Å². The molecule has 2 amide bonds. The number of ketones is 2. The molecule has 21 nitrogen and oxygen atoms in total. The van der Waals surface area contributed by atoms with E-state index in [1.165, 1.54) is 51.9 Å². The molecule has 1 aromatic carbocycles. The smallest absolute Gasteiger partial charge is 0.332 e. The summed E-state index contributed by atoms with van der Waals surface area (Å²) in [4.78, 5) is 84.2. The lowest BCUT2D eigenvalue weighted by molar-refractivity contribution is -0.159. The van der Waals surface area contributed by atoms with Crippen LogP contribution in [0, 0.1) is 5.41 Å². The number of aliphatic carboxylic acids is 2. The number of fused-ring (bicyclic) bond motifs is 2. The lowest BCUT2D eigenvalue weighted by atomic mass is 9.97. The number of carboxylic acid groups (broad SMARTS) is 2. The van der Waals surface area contributed by atoms with Crippen LogP contribution in [-0.4, -0.2) is 164 Å². The van der Waals surface area contributed by atoms with Crippen LogP contribution >= 0.6 is 0 Å². The maximum atomic E-state index is 12.6. The molecule has 2 aliphatic rings. The summed E-state index contributed by atoms with van der Waals surface area (Å²) in [6, 6.07) is 4.44. The highest BCUT2D eigenvalue weighted by molar-refractivity contribution is 6.05. The molecule has 2 fully saturated rings. The van der Waals surface area contributed by atoms with E-state index in [0.717, 1.165) is 44.0 Å². The Kier molecular flexibility index (Phi) is 30.3. The number of nitrogens with zero attached hydrogens (tertiary/aromatic N) is 2. The average molecular weight is 1090 g/mol. The van der Waals surface area contributed by atoms with Crippen LogP contribution in [0.2, 0.25) is 0 Å². The molecule has 77 heavy (non-hydrogen) atoms. The summed E-state index contributed by atoms with van der Waals surface area (Å²) in [6.07, 6.45) is 14.2. The summed E-state index contributed by atoms with van der Waals surface area (Å²) in [5, 5.41) is 28.8. The third kappa shape index (κ3) is 26.4. The van der Waals surface area contributed by atoms with Gasteiger partial charge in [0, 0.05) is 57.7 Å². The van der Waals surface area contributed by atoms with Gasteiger partial charge in [-0.3, -0.25) is 28.7 Å². The van der Waals surface area contributed by atoms with Crippen molar-refractivity contribution in [1.29, 1.82) is 0 Å². The van der Waals surface area contributed by atoms with Crippen molar-refractivity contribution in [1.82, 2.24) is 20.4 Å². The number of rotatable bonds is 44. The number of carbonyl (C=O) groups is 7. The predicted molar refractivity (Wildman–Crippen MR) is 284 cm³/mol. The SMILES string of the molecule is CC(=O)c1nn(CC(C)(C)C)c2ccc(O[C@@H]3CO[C@H]4[C@@H]3OC[C@H]4OC(=O)COCCOCCNC(=O)COCCOCCCC(=O)CC[C@H](NC(=O)CCCCCCCCCCCCCCCCC(=O)O)C(=O)O)cc12. The van der Waals surface area contributed by atoms with Gasteiger partial charge in [0.2, 0.25) is 11.8 Å². The van der Waals surface area contributed by atoms with Gasteiger partial charge in [-0.25, -0.2) is 9.59 Å². The standard InChI is InChI=1S/C56H88N4O17/c1-40(61)52-43-34-42(24-26-45(43)60(59-52)39-56(2,3)4)76-46-35-74-54-47(36-75-53(46)54)77-51(67)38-73-33-31-71-29-27-57-49(64)37-72-32-30-70-28-19-20-41(62)23-25-44(55(68)69)58-48(63)21-17-15-13-11-9-7-5-6-8-10-12-14-16-18-22-50(65)66/h24,26,34,44,46-47,53-54H,5-23,25,27-33,35-39H2,1-4H3,(H,57,64)(H,58,63)(H,65,66)(H,68,69)/t44-,46+,47+,53+,54+/m0/s1. The molecule has 5 atom stereocenters. The van der Waals surface area contributed by atoms with Crippen molar-refractivity contribution in [2.45, 2.75) is 193 Å². The number of hydrogen-bond acceptors (Lipinski definition) is 16. The van der Waals surface area contributed by atoms with E-state index in [9.17, 15) is 38.7 Å². The van der Waals surface area contributed by atoms with E-state index in [1.807, 2.05) is 22.9 Å². The number of carbonyl (C=O) groups excluding carboxylic acids is 5. The lowest BCUT2D eigenvalue weighted by Crippen LogP contribution is -2.41. The quantitative estimate of drug-likeness (QED) is 0.0297. The monoisotopic (exact) mass is 1090 g/mol. The maximum absolute atomic E-state index is 12.6. The highest BCUT2D eigenvalue weighted by Gasteiger charge is 2.50. The first-order chi connectivity index (χ1) is 37.0. The van der Waals surface area contributed by atoms with E-state index in [1.54, 1.807) is 0 Å². The molecule has 0 aliphatic carbocycles. The molecule has 0 radical (unpaired) electrons. The Morgan fingerprint density at radius 3 is 1.86 bits per heavy atom. The van der Waals surface area contributed by atoms with Crippen molar-refractivity contribution in [3.8, 4) is 5.75 Å². The highest BCUT2D eigenvalue weighted by atomic mass is 16.7. The molecule has 0 spiro atoms. The fraction of sp³-hybridized carbons (Fsp3) is 0.750. The summed E-state index contributed by atoms with van der Waals surface area (Å²) in [5.41, 5.74) is 1.19. The van der Waals surface area contributed by atoms with Crippen LogP contribution in [-0.2, 0) is 68.5 Å². The van der Waals surface area contributed by atoms with Gasteiger partial charge in [0.25, 0.3) is 0 Å². The molecule has 2 aliphatic heterocycles. The first-order valence-corrected chi connectivity index (χ1v) is 27.9. The van der Waals surface area contributed by atoms with Crippen LogP contribution in [0.4, 0.5) is 0 Å². The first kappa shape index (κ1) is 64.5. The largest absolute Gasteiger partial charge is 0.485 e. The number of unbranched alkanes of at least 4 members (excludes halogenated alkanes) is 13. The molecular formula is C56H88N4O17. The molecule has 0 unspecified atom stereocenters. The summed E-state index contributed by atoms with van der Waals surface area (Å²) in [5.74, 6) is -2.80. The molecule has 434 valence electrons. The van der Waals surface area contributed by atoms with Gasteiger partial charge in [0.15, 0.2) is 18.0 Å². The van der Waals surface area contributed by atoms with Crippen LogP contribution in [0.5, 0.6) is 5.75 Å². The second-order valence-corrected chi connectivity index (χ2v) is 21.2. The van der Waals surface area contributed by atoms with Gasteiger partial charge in [0.1, 0.15) is 48.7 Å². The summed E-state index contributed by atoms with van der Waals surface area (Å²) in [6.45, 7) is 9.84. The topological polar surface area (TPSA) is 276 Å². The number of ether oxygens (including phenoxy) is 8. The van der Waals surface area contributed by atoms with E-state index in [2.05, 4.69) is 36.5 Å². The van der Waals surface area contributed by atoms with Crippen molar-refractivity contribution >= 4 is 52.2 Å². The summed E-state index contributed by atoms with van der Waals surface area (Å²) in [7, 11) is 0. The van der Waals surface area contributed by atoms with E-state index in [-0.39, 0.29) is 127 Å². The van der Waals surface area contributed by atoms with Gasteiger partial charge in [-0.2, -0.15) is 5.10 Å². The van der Waals surface area contributed by atoms with Crippen LogP contribution in [0.1, 0.15) is 167 Å². The minimum Gasteiger partial charge on any atom is -0.485 e. The van der Waals surface area contributed by atoms with Crippen LogP contribution < -0.4 is 15.4 Å². The molecule has 0 saturated carbocycles. The number of amides is 2. The van der Waals surface area contributed by atoms with Gasteiger partial charge >= 0.3 is 17.9 Å². The minimum absolute atomic E-state index is 0.0245. The Balaban J connectivity index is 0.906. The zero-order valence-electron chi connectivity index (χ0n) is 46.2. The highest BCUT2D eigenvalue weighted by Crippen LogP contribution is 2.33. The number of Topliss-reactive ketones (excluding diaryl/α,β-unsaturated/α-hetero) is 2. The van der Waals surface area contributed by atoms with Gasteiger partial charge < -0.3 is 58.7 Å². The molecule has 3 heterocycles. The van der Waals surface area contributed by atoms with Crippen LogP contribution in [0.25, 0.3) is 10.9 Å². The summed E-state index contributed by atoms with van der Waals surface area (Å²) < 4.78 is 47.3. The van der Waals surface area contributed by atoms with Crippen LogP contribution in [0.15, 0.2) is 18.2 Å². The Morgan fingerprint density at radius 1 is 0.675 bits per heavy atom. The van der Waals surface area contributed by atoms with E-state index in [4.69, 9.17) is 43.0 Å². The maximum Gasteiger partial charge on any atom is 0.332 e. The van der Waals surface area contributed by atoms with Crippen molar-refractivity contribution in [3.63, 3.8) is 0 Å². The Morgan fingerprint density at radius 2 is 1.25 bits per heavy atom. The molecule has 4 rings (SSSR count). The normalized spacial score (nSPS) is 17.5. The molecule has 2 saturated heterocycles. The molecule has 21 heteroatoms. The molecule has 4 N–H and O–H groups in total. The number of aromatic nitrogens is 2. The van der Waals surface area contributed by atoms with Gasteiger partial charge in [-0.05, 0) is 49.3 Å². The molecular weight excluding hydrogens is 1000 g/mol. The van der Waals surface area contributed by atoms with E-state index < -0.39 is 48.4 Å². The van der Waals surface area contributed by atoms with E-state index in [0.29, 0.717) is 42.8 Å². The summed E-state index contributed by atoms with van der Waals surface area (Å²) >= 11 is 0. The Labute approximate surface area is 453 Å². The number of nitrogens with one attached hydrogen (secondary N) is 2. The first-order valence-electron chi connectivity index (χ1n) is 27.9. The number of esters is 1. The van der Waals surface area contributed by atoms with Crippen molar-refractivity contribution < 1.29 is 81.7 Å². The van der Waals surface area contributed by atoms with Crippen LogP contribution in [0.3, 0.4) is 0 Å². The Bertz CT molecular complexity index is 2120. The van der Waals surface area contributed by atoms with Crippen molar-refractivity contribution in [2.24, 2.45) is 5.41 Å².